The summed E-state index contributed by atoms with van der Waals surface area (Å²) in [6.07, 6.45) is 1.48. The zero-order valence-electron chi connectivity index (χ0n) is 12.1. The third-order valence-electron chi connectivity index (χ3n) is 3.36. The van der Waals surface area contributed by atoms with Crippen LogP contribution >= 0.6 is 11.3 Å². The lowest BCUT2D eigenvalue weighted by Gasteiger charge is -2.19. The molecule has 0 spiro atoms. The predicted molar refractivity (Wildman–Crippen MR) is 86.8 cm³/mol. The van der Waals surface area contributed by atoms with Crippen LogP contribution < -0.4 is 16.0 Å². The minimum atomic E-state index is -2.94. The summed E-state index contributed by atoms with van der Waals surface area (Å²) in [5.74, 6) is 0.226. The number of hydrogen-bond acceptors (Lipinski definition) is 6. The number of carbonyl (C=O) groups excluding carboxylic acids is 1. The molecular weight excluding hydrogens is 310 g/mol. The minimum Gasteiger partial charge on any atom is -0.397 e. The van der Waals surface area contributed by atoms with Crippen LogP contribution in [0.1, 0.15) is 29.4 Å². The van der Waals surface area contributed by atoms with E-state index in [4.69, 9.17) is 5.73 Å². The van der Waals surface area contributed by atoms with Crippen LogP contribution in [-0.2, 0) is 9.84 Å². The molecule has 1 aliphatic heterocycles. The smallest absolute Gasteiger partial charge is 0.263 e. The van der Waals surface area contributed by atoms with Gasteiger partial charge in [-0.15, -0.1) is 11.3 Å². The third-order valence-corrected chi connectivity index (χ3v) is 6.28. The maximum absolute atomic E-state index is 12.0. The Morgan fingerprint density at radius 3 is 2.90 bits per heavy atom. The molecule has 2 rings (SSSR count). The molecule has 2 heterocycles. The lowest BCUT2D eigenvalue weighted by Crippen LogP contribution is -2.26. The average Bonchev–Trinajstić information content (AvgIpc) is 2.71. The Morgan fingerprint density at radius 1 is 1.43 bits per heavy atom. The van der Waals surface area contributed by atoms with Crippen molar-refractivity contribution in [3.05, 3.63) is 10.9 Å². The van der Waals surface area contributed by atoms with Crippen LogP contribution in [-0.4, -0.2) is 45.5 Å². The predicted octanol–water partition coefficient (Wildman–Crippen LogP) is 1.09. The summed E-state index contributed by atoms with van der Waals surface area (Å²) in [5, 5.41) is 3.68. The number of carbonyl (C=O) groups is 1. The molecule has 1 saturated heterocycles. The van der Waals surface area contributed by atoms with E-state index in [1.54, 1.807) is 6.07 Å². The highest BCUT2D eigenvalue weighted by Gasteiger charge is 2.22. The molecule has 0 radical (unpaired) electrons. The summed E-state index contributed by atoms with van der Waals surface area (Å²) in [6.45, 7) is 3.74. The lowest BCUT2D eigenvalue weighted by molar-refractivity contribution is 0.0958. The highest BCUT2D eigenvalue weighted by molar-refractivity contribution is 7.91. The van der Waals surface area contributed by atoms with Gasteiger partial charge in [-0.3, -0.25) is 4.79 Å². The summed E-state index contributed by atoms with van der Waals surface area (Å²) in [5.41, 5.74) is 6.37. The second-order valence-corrected chi connectivity index (χ2v) is 8.45. The zero-order chi connectivity index (χ0) is 15.5. The Kier molecular flexibility index (Phi) is 5.10. The molecule has 6 nitrogen and oxygen atoms in total. The molecule has 1 fully saturated rings. The Morgan fingerprint density at radius 2 is 2.19 bits per heavy atom. The highest BCUT2D eigenvalue weighted by atomic mass is 32.2. The van der Waals surface area contributed by atoms with Crippen molar-refractivity contribution in [2.45, 2.75) is 19.8 Å². The van der Waals surface area contributed by atoms with Crippen molar-refractivity contribution < 1.29 is 13.2 Å². The van der Waals surface area contributed by atoms with E-state index in [2.05, 4.69) is 5.32 Å². The van der Waals surface area contributed by atoms with Gasteiger partial charge in [-0.05, 0) is 18.9 Å². The molecule has 3 N–H and O–H groups in total. The number of hydrogen-bond donors (Lipinski definition) is 2. The summed E-state index contributed by atoms with van der Waals surface area (Å²) in [4.78, 5) is 14.5. The third kappa shape index (κ3) is 4.10. The standard InChI is InChI=1S/C13H21N3O3S2/c1-2-4-15-13(17)12-10(14)9-11(20-12)16-5-3-7-21(18,19)8-6-16/h9H,2-8,14H2,1H3,(H,15,17). The fourth-order valence-corrected chi connectivity index (χ4v) is 4.52. The van der Waals surface area contributed by atoms with Crippen molar-refractivity contribution in [1.82, 2.24) is 5.32 Å². The molecule has 0 saturated carbocycles. The van der Waals surface area contributed by atoms with Gasteiger partial charge in [-0.1, -0.05) is 6.92 Å². The molecule has 0 aromatic carbocycles. The van der Waals surface area contributed by atoms with Gasteiger partial charge in [0.25, 0.3) is 5.91 Å². The Balaban J connectivity index is 2.12. The van der Waals surface area contributed by atoms with Crippen molar-refractivity contribution in [3.8, 4) is 0 Å². The Bertz CT molecular complexity index is 610. The zero-order valence-corrected chi connectivity index (χ0v) is 13.7. The summed E-state index contributed by atoms with van der Waals surface area (Å²) in [7, 11) is -2.94. The summed E-state index contributed by atoms with van der Waals surface area (Å²) >= 11 is 1.33. The van der Waals surface area contributed by atoms with Crippen LogP contribution in [0.5, 0.6) is 0 Å². The molecule has 0 atom stereocenters. The molecule has 1 amide bonds. The Hall–Kier alpha value is -1.28. The average molecular weight is 331 g/mol. The first-order valence-electron chi connectivity index (χ1n) is 7.06. The fourth-order valence-electron chi connectivity index (χ4n) is 2.20. The normalized spacial score (nSPS) is 18.2. The molecule has 118 valence electrons. The van der Waals surface area contributed by atoms with E-state index < -0.39 is 9.84 Å². The molecule has 1 aromatic rings. The van der Waals surface area contributed by atoms with Crippen LogP contribution in [0.25, 0.3) is 0 Å². The van der Waals surface area contributed by atoms with Gasteiger partial charge in [-0.2, -0.15) is 0 Å². The SMILES string of the molecule is CCCNC(=O)c1sc(N2CCCS(=O)(=O)CC2)cc1N. The van der Waals surface area contributed by atoms with Gasteiger partial charge in [-0.25, -0.2) is 8.42 Å². The first-order valence-corrected chi connectivity index (χ1v) is 9.69. The number of anilines is 2. The first-order chi connectivity index (χ1) is 9.93. The second kappa shape index (κ2) is 6.65. The molecule has 0 aliphatic carbocycles. The van der Waals surface area contributed by atoms with E-state index in [1.165, 1.54) is 11.3 Å². The van der Waals surface area contributed by atoms with E-state index in [9.17, 15) is 13.2 Å². The van der Waals surface area contributed by atoms with Gasteiger partial charge >= 0.3 is 0 Å². The van der Waals surface area contributed by atoms with Gasteiger partial charge < -0.3 is 16.0 Å². The van der Waals surface area contributed by atoms with Gasteiger partial charge in [0.05, 0.1) is 22.2 Å². The van der Waals surface area contributed by atoms with Crippen LogP contribution in [0.2, 0.25) is 0 Å². The molecule has 0 unspecified atom stereocenters. The van der Waals surface area contributed by atoms with E-state index in [-0.39, 0.29) is 17.4 Å². The van der Waals surface area contributed by atoms with Gasteiger partial charge in [0.15, 0.2) is 9.84 Å². The number of nitrogens with one attached hydrogen (secondary N) is 1. The lowest BCUT2D eigenvalue weighted by atomic mass is 10.3. The quantitative estimate of drug-likeness (QED) is 0.862. The number of nitrogen functional groups attached to an aromatic ring is 1. The summed E-state index contributed by atoms with van der Waals surface area (Å²) < 4.78 is 23.3. The number of nitrogens with two attached hydrogens (primary N) is 1. The number of amides is 1. The van der Waals surface area contributed by atoms with E-state index in [0.29, 0.717) is 36.6 Å². The van der Waals surface area contributed by atoms with E-state index >= 15 is 0 Å². The monoisotopic (exact) mass is 331 g/mol. The van der Waals surface area contributed by atoms with E-state index in [0.717, 1.165) is 11.4 Å². The van der Waals surface area contributed by atoms with E-state index in [1.807, 2.05) is 11.8 Å². The fraction of sp³-hybridized carbons (Fsp3) is 0.615. The van der Waals surface area contributed by atoms with Crippen molar-refractivity contribution >= 4 is 37.8 Å². The molecule has 0 bridgehead atoms. The van der Waals surface area contributed by atoms with Crippen molar-refractivity contribution in [3.63, 3.8) is 0 Å². The first kappa shape index (κ1) is 16.1. The maximum atomic E-state index is 12.0. The second-order valence-electron chi connectivity index (χ2n) is 5.12. The highest BCUT2D eigenvalue weighted by Crippen LogP contribution is 2.32. The molecule has 8 heteroatoms. The minimum absolute atomic E-state index is 0.155. The molecule has 1 aromatic heterocycles. The van der Waals surface area contributed by atoms with Crippen LogP contribution in [0.4, 0.5) is 10.7 Å². The van der Waals surface area contributed by atoms with Crippen LogP contribution in [0, 0.1) is 0 Å². The topological polar surface area (TPSA) is 92.5 Å². The van der Waals surface area contributed by atoms with Crippen LogP contribution in [0.15, 0.2) is 6.07 Å². The van der Waals surface area contributed by atoms with Crippen molar-refractivity contribution in [2.24, 2.45) is 0 Å². The summed E-state index contributed by atoms with van der Waals surface area (Å²) in [6, 6.07) is 1.77. The largest absolute Gasteiger partial charge is 0.397 e. The van der Waals surface area contributed by atoms with Gasteiger partial charge in [0, 0.05) is 19.6 Å². The van der Waals surface area contributed by atoms with Crippen molar-refractivity contribution in [2.75, 3.05) is 41.8 Å². The van der Waals surface area contributed by atoms with Gasteiger partial charge in [0.2, 0.25) is 0 Å². The molecule has 1 aliphatic rings. The number of thiophene rings is 1. The molecular formula is C13H21N3O3S2. The number of nitrogens with zero attached hydrogens (tertiary/aromatic N) is 1. The van der Waals surface area contributed by atoms with Crippen LogP contribution in [0.3, 0.4) is 0 Å². The number of rotatable bonds is 4. The van der Waals surface area contributed by atoms with Crippen molar-refractivity contribution in [1.29, 1.82) is 0 Å². The maximum Gasteiger partial charge on any atom is 0.263 e. The number of sulfone groups is 1. The van der Waals surface area contributed by atoms with Gasteiger partial charge in [0.1, 0.15) is 4.88 Å². The molecule has 21 heavy (non-hydrogen) atoms. The Labute approximate surface area is 129 Å².